The number of anilines is 1. The molecule has 2 aliphatic heterocycles. The third-order valence-electron chi connectivity index (χ3n) is 5.02. The van der Waals surface area contributed by atoms with E-state index in [0.717, 1.165) is 38.6 Å². The monoisotopic (exact) mass is 401 g/mol. The summed E-state index contributed by atoms with van der Waals surface area (Å²) in [6, 6.07) is 4.91. The van der Waals surface area contributed by atoms with E-state index in [-0.39, 0.29) is 12.2 Å². The van der Waals surface area contributed by atoms with Gasteiger partial charge in [-0.25, -0.2) is 14.4 Å². The van der Waals surface area contributed by atoms with Gasteiger partial charge in [0.1, 0.15) is 12.4 Å². The molecule has 2 aliphatic rings. The van der Waals surface area contributed by atoms with Gasteiger partial charge in [-0.3, -0.25) is 4.90 Å². The van der Waals surface area contributed by atoms with Crippen LogP contribution >= 0.6 is 0 Å². The third kappa shape index (κ3) is 4.69. The lowest BCUT2D eigenvalue weighted by Gasteiger charge is -2.32. The molecule has 0 bridgehead atoms. The zero-order valence-electron chi connectivity index (χ0n) is 16.1. The zero-order valence-corrected chi connectivity index (χ0v) is 16.1. The minimum absolute atomic E-state index is 0.254. The van der Waals surface area contributed by atoms with E-state index in [1.165, 1.54) is 0 Å². The van der Waals surface area contributed by atoms with Crippen LogP contribution in [0.25, 0.3) is 11.1 Å². The van der Waals surface area contributed by atoms with Crippen LogP contribution in [0.4, 0.5) is 10.3 Å². The van der Waals surface area contributed by atoms with Gasteiger partial charge in [-0.2, -0.15) is 0 Å². The number of aliphatic hydroxyl groups excluding tert-OH is 1. The molecular formula is C20H24FN5O3. The number of hydrogen-bond acceptors (Lipinski definition) is 8. The fourth-order valence-corrected chi connectivity index (χ4v) is 3.27. The zero-order chi connectivity index (χ0) is 20.1. The highest BCUT2D eigenvalue weighted by atomic mass is 19.1. The Hall–Kier alpha value is -2.62. The summed E-state index contributed by atoms with van der Waals surface area (Å²) in [5, 5.41) is 13.4. The lowest BCUT2D eigenvalue weighted by molar-refractivity contribution is 0.0210. The van der Waals surface area contributed by atoms with Crippen molar-refractivity contribution in [2.24, 2.45) is 5.16 Å². The molecule has 2 aromatic rings. The molecule has 0 aliphatic carbocycles. The van der Waals surface area contributed by atoms with Gasteiger partial charge in [0, 0.05) is 48.7 Å². The molecule has 2 saturated heterocycles. The van der Waals surface area contributed by atoms with Crippen molar-refractivity contribution in [2.75, 3.05) is 57.4 Å². The van der Waals surface area contributed by atoms with E-state index in [9.17, 15) is 9.50 Å². The minimum atomic E-state index is -0.445. The Bertz CT molecular complexity index is 848. The van der Waals surface area contributed by atoms with Gasteiger partial charge in [0.15, 0.2) is 0 Å². The number of aliphatic hydroxyl groups is 1. The Morgan fingerprint density at radius 3 is 2.66 bits per heavy atom. The van der Waals surface area contributed by atoms with Gasteiger partial charge in [0.25, 0.3) is 0 Å². The lowest BCUT2D eigenvalue weighted by atomic mass is 10.1. The predicted octanol–water partition coefficient (Wildman–Crippen LogP) is 1.30. The highest BCUT2D eigenvalue weighted by molar-refractivity contribution is 5.98. The average Bonchev–Trinajstić information content (AvgIpc) is 2.73. The molecule has 0 radical (unpaired) electrons. The summed E-state index contributed by atoms with van der Waals surface area (Å²) in [4.78, 5) is 18.4. The Balaban J connectivity index is 1.27. The molecule has 0 saturated carbocycles. The number of ether oxygens (including phenoxy) is 1. The molecule has 0 unspecified atom stereocenters. The fourth-order valence-electron chi connectivity index (χ4n) is 3.27. The molecule has 9 heteroatoms. The van der Waals surface area contributed by atoms with Gasteiger partial charge in [0.2, 0.25) is 5.95 Å². The summed E-state index contributed by atoms with van der Waals surface area (Å²) in [6.07, 6.45) is 3.19. The maximum absolute atomic E-state index is 14.3. The minimum Gasteiger partial charge on any atom is -0.394 e. The van der Waals surface area contributed by atoms with Gasteiger partial charge in [-0.05, 0) is 0 Å². The van der Waals surface area contributed by atoms with Crippen molar-refractivity contribution in [1.82, 2.24) is 14.9 Å². The molecule has 1 aromatic heterocycles. The smallest absolute Gasteiger partial charge is 0.225 e. The number of hydrogen-bond donors (Lipinski definition) is 1. The predicted molar refractivity (Wildman–Crippen MR) is 106 cm³/mol. The first-order valence-electron chi connectivity index (χ1n) is 9.68. The standard InChI is InChI=1S/C20H24FN5O3/c21-19-15(14-27)2-1-3-18(19)16-10-22-20(23-11-16)26-12-17(13-26)24-29-9-6-25-4-7-28-8-5-25/h1-3,10-11,27H,4-9,12-14H2. The molecule has 4 rings (SSSR count). The molecule has 1 N–H and O–H groups in total. The Morgan fingerprint density at radius 2 is 1.93 bits per heavy atom. The van der Waals surface area contributed by atoms with E-state index >= 15 is 0 Å². The largest absolute Gasteiger partial charge is 0.394 e. The number of benzene rings is 1. The molecule has 8 nitrogen and oxygen atoms in total. The van der Waals surface area contributed by atoms with Crippen molar-refractivity contribution in [1.29, 1.82) is 0 Å². The average molecular weight is 401 g/mol. The number of morpholine rings is 1. The Labute approximate surface area is 168 Å². The summed E-state index contributed by atoms with van der Waals surface area (Å²) in [7, 11) is 0. The van der Waals surface area contributed by atoms with Crippen molar-refractivity contribution in [3.63, 3.8) is 0 Å². The van der Waals surface area contributed by atoms with Gasteiger partial charge in [-0.1, -0.05) is 23.4 Å². The van der Waals surface area contributed by atoms with Gasteiger partial charge in [-0.15, -0.1) is 0 Å². The normalized spacial score (nSPS) is 17.2. The van der Waals surface area contributed by atoms with Crippen molar-refractivity contribution >= 4 is 11.7 Å². The second-order valence-electron chi connectivity index (χ2n) is 7.01. The quantitative estimate of drug-likeness (QED) is 0.553. The Kier molecular flexibility index (Phi) is 6.28. The topological polar surface area (TPSA) is 83.3 Å². The molecule has 29 heavy (non-hydrogen) atoms. The molecule has 1 aromatic carbocycles. The molecule has 3 heterocycles. The van der Waals surface area contributed by atoms with Crippen LogP contribution < -0.4 is 4.90 Å². The highest BCUT2D eigenvalue weighted by Gasteiger charge is 2.25. The maximum Gasteiger partial charge on any atom is 0.225 e. The summed E-state index contributed by atoms with van der Waals surface area (Å²) in [5.41, 5.74) is 2.15. The molecule has 154 valence electrons. The first-order valence-corrected chi connectivity index (χ1v) is 9.68. The second-order valence-corrected chi connectivity index (χ2v) is 7.01. The van der Waals surface area contributed by atoms with Crippen molar-refractivity contribution in [3.8, 4) is 11.1 Å². The molecule has 2 fully saturated rings. The number of halogens is 1. The van der Waals surface area contributed by atoms with Crippen LogP contribution in [0.3, 0.4) is 0 Å². The van der Waals surface area contributed by atoms with Crippen LogP contribution in [0.5, 0.6) is 0 Å². The number of nitrogens with zero attached hydrogens (tertiary/aromatic N) is 5. The SMILES string of the molecule is OCc1cccc(-c2cnc(N3CC(=NOCCN4CCOCC4)C3)nc2)c1F. The number of rotatable bonds is 7. The summed E-state index contributed by atoms with van der Waals surface area (Å²) >= 11 is 0. The van der Waals surface area contributed by atoms with E-state index < -0.39 is 5.82 Å². The second kappa shape index (κ2) is 9.25. The fraction of sp³-hybridized carbons (Fsp3) is 0.450. The molecule has 0 spiro atoms. The maximum atomic E-state index is 14.3. The van der Waals surface area contributed by atoms with E-state index in [0.29, 0.717) is 36.8 Å². The van der Waals surface area contributed by atoms with Crippen LogP contribution in [-0.2, 0) is 16.2 Å². The molecular weight excluding hydrogens is 377 g/mol. The first-order chi connectivity index (χ1) is 14.2. The van der Waals surface area contributed by atoms with Crippen molar-refractivity contribution < 1.29 is 19.1 Å². The van der Waals surface area contributed by atoms with Crippen LogP contribution in [0.15, 0.2) is 35.7 Å². The molecule has 0 amide bonds. The van der Waals surface area contributed by atoms with E-state index in [1.807, 2.05) is 4.90 Å². The van der Waals surface area contributed by atoms with Crippen molar-refractivity contribution in [2.45, 2.75) is 6.61 Å². The summed E-state index contributed by atoms with van der Waals surface area (Å²) in [5.74, 6) is 0.124. The summed E-state index contributed by atoms with van der Waals surface area (Å²) < 4.78 is 19.7. The lowest BCUT2D eigenvalue weighted by Crippen LogP contribution is -2.48. The van der Waals surface area contributed by atoms with Crippen LogP contribution in [0, 0.1) is 5.82 Å². The highest BCUT2D eigenvalue weighted by Crippen LogP contribution is 2.25. The van der Waals surface area contributed by atoms with Gasteiger partial charge in [0.05, 0.1) is 38.6 Å². The Morgan fingerprint density at radius 1 is 1.17 bits per heavy atom. The third-order valence-corrected chi connectivity index (χ3v) is 5.02. The van der Waals surface area contributed by atoms with Crippen LogP contribution in [0.2, 0.25) is 0 Å². The number of oxime groups is 1. The van der Waals surface area contributed by atoms with Gasteiger partial charge >= 0.3 is 0 Å². The van der Waals surface area contributed by atoms with E-state index in [4.69, 9.17) is 9.57 Å². The van der Waals surface area contributed by atoms with Gasteiger partial charge < -0.3 is 19.6 Å². The van der Waals surface area contributed by atoms with Crippen LogP contribution in [0.1, 0.15) is 5.56 Å². The number of aromatic nitrogens is 2. The molecule has 0 atom stereocenters. The van der Waals surface area contributed by atoms with E-state index in [2.05, 4.69) is 20.0 Å². The van der Waals surface area contributed by atoms with E-state index in [1.54, 1.807) is 30.6 Å². The first kappa shape index (κ1) is 19.7. The van der Waals surface area contributed by atoms with Crippen molar-refractivity contribution in [3.05, 3.63) is 42.0 Å². The summed E-state index contributed by atoms with van der Waals surface area (Å²) in [6.45, 7) is 5.74. The van der Waals surface area contributed by atoms with Crippen LogP contribution in [-0.4, -0.2) is 78.2 Å².